The van der Waals surface area contributed by atoms with Gasteiger partial charge in [-0.05, 0) is 13.8 Å². The Kier molecular flexibility index (Phi) is 5.37. The fourth-order valence-electron chi connectivity index (χ4n) is 1.63. The number of hydrogen-bond donors (Lipinski definition) is 0. The first-order chi connectivity index (χ1) is 8.12. The molecule has 0 saturated carbocycles. The minimum Gasteiger partial charge on any atom is -0.466 e. The fraction of sp³-hybridized carbons (Fsp3) is 0.818. The average molecular weight is 246 g/mol. The lowest BCUT2D eigenvalue weighted by Gasteiger charge is -2.25. The molecule has 0 aromatic heterocycles. The van der Waals surface area contributed by atoms with Crippen molar-refractivity contribution in [2.24, 2.45) is 0 Å². The van der Waals surface area contributed by atoms with Crippen molar-refractivity contribution in [1.82, 2.24) is 0 Å². The van der Waals surface area contributed by atoms with E-state index in [2.05, 4.69) is 0 Å². The van der Waals surface area contributed by atoms with E-state index in [4.69, 9.17) is 18.9 Å². The van der Waals surface area contributed by atoms with Gasteiger partial charge in [0, 0.05) is 0 Å². The molecule has 98 valence electrons. The summed E-state index contributed by atoms with van der Waals surface area (Å²) < 4.78 is 20.3. The normalized spacial score (nSPS) is 17.8. The highest BCUT2D eigenvalue weighted by Gasteiger charge is 2.42. The molecule has 0 aliphatic carbocycles. The van der Waals surface area contributed by atoms with E-state index in [0.717, 1.165) is 0 Å². The molecule has 0 N–H and O–H groups in total. The first-order valence-electron chi connectivity index (χ1n) is 5.71. The largest absolute Gasteiger partial charge is 0.466 e. The van der Waals surface area contributed by atoms with E-state index in [1.807, 2.05) is 0 Å². The first-order valence-corrected chi connectivity index (χ1v) is 5.71. The SMILES string of the molecule is CCOC(=O)CC1(CC(=O)OCC)OCCO1. The van der Waals surface area contributed by atoms with E-state index in [9.17, 15) is 9.59 Å². The van der Waals surface area contributed by atoms with Crippen molar-refractivity contribution in [3.8, 4) is 0 Å². The van der Waals surface area contributed by atoms with Gasteiger partial charge in [0.05, 0.1) is 26.4 Å². The van der Waals surface area contributed by atoms with Crippen LogP contribution in [0.15, 0.2) is 0 Å². The van der Waals surface area contributed by atoms with E-state index >= 15 is 0 Å². The Morgan fingerprint density at radius 1 is 1.00 bits per heavy atom. The van der Waals surface area contributed by atoms with Crippen molar-refractivity contribution >= 4 is 11.9 Å². The molecule has 1 rings (SSSR count). The van der Waals surface area contributed by atoms with Crippen LogP contribution < -0.4 is 0 Å². The van der Waals surface area contributed by atoms with Crippen LogP contribution in [0.25, 0.3) is 0 Å². The first kappa shape index (κ1) is 13.9. The second-order valence-corrected chi connectivity index (χ2v) is 3.57. The zero-order chi connectivity index (χ0) is 12.7. The lowest BCUT2D eigenvalue weighted by atomic mass is 10.1. The van der Waals surface area contributed by atoms with Gasteiger partial charge in [-0.1, -0.05) is 0 Å². The van der Waals surface area contributed by atoms with Crippen molar-refractivity contribution < 1.29 is 28.5 Å². The predicted molar refractivity (Wildman–Crippen MR) is 57.1 cm³/mol. The van der Waals surface area contributed by atoms with Gasteiger partial charge < -0.3 is 18.9 Å². The van der Waals surface area contributed by atoms with Gasteiger partial charge in [0.15, 0.2) is 5.79 Å². The zero-order valence-electron chi connectivity index (χ0n) is 10.2. The van der Waals surface area contributed by atoms with Crippen LogP contribution in [0.3, 0.4) is 0 Å². The van der Waals surface area contributed by atoms with E-state index in [0.29, 0.717) is 13.2 Å². The summed E-state index contributed by atoms with van der Waals surface area (Å²) in [4.78, 5) is 22.8. The van der Waals surface area contributed by atoms with E-state index in [-0.39, 0.29) is 26.1 Å². The molecule has 0 unspecified atom stereocenters. The number of carbonyl (C=O) groups excluding carboxylic acids is 2. The second kappa shape index (κ2) is 6.56. The number of carbonyl (C=O) groups is 2. The number of rotatable bonds is 6. The molecule has 17 heavy (non-hydrogen) atoms. The molecule has 0 spiro atoms. The van der Waals surface area contributed by atoms with Crippen molar-refractivity contribution in [3.05, 3.63) is 0 Å². The molecule has 1 saturated heterocycles. The molecule has 6 nitrogen and oxygen atoms in total. The van der Waals surface area contributed by atoms with Crippen LogP contribution in [0.4, 0.5) is 0 Å². The van der Waals surface area contributed by atoms with Crippen LogP contribution in [0, 0.1) is 0 Å². The summed E-state index contributed by atoms with van der Waals surface area (Å²) in [5.41, 5.74) is 0. The smallest absolute Gasteiger partial charge is 0.311 e. The topological polar surface area (TPSA) is 71.1 Å². The van der Waals surface area contributed by atoms with E-state index in [1.165, 1.54) is 0 Å². The number of ether oxygens (including phenoxy) is 4. The molecule has 1 aliphatic heterocycles. The molecule has 0 aromatic rings. The monoisotopic (exact) mass is 246 g/mol. The Balaban J connectivity index is 2.56. The Morgan fingerprint density at radius 2 is 1.41 bits per heavy atom. The average Bonchev–Trinajstić information content (AvgIpc) is 2.66. The quantitative estimate of drug-likeness (QED) is 0.640. The lowest BCUT2D eigenvalue weighted by Crippen LogP contribution is -2.37. The van der Waals surface area contributed by atoms with Gasteiger partial charge in [0.2, 0.25) is 0 Å². The predicted octanol–water partition coefficient (Wildman–Crippen LogP) is 0.636. The highest BCUT2D eigenvalue weighted by atomic mass is 16.7. The fourth-order valence-corrected chi connectivity index (χ4v) is 1.63. The van der Waals surface area contributed by atoms with Crippen LogP contribution >= 0.6 is 0 Å². The van der Waals surface area contributed by atoms with Crippen molar-refractivity contribution in [2.45, 2.75) is 32.5 Å². The van der Waals surface area contributed by atoms with Gasteiger partial charge in [0.1, 0.15) is 12.8 Å². The summed E-state index contributed by atoms with van der Waals surface area (Å²) in [6, 6.07) is 0. The van der Waals surface area contributed by atoms with Crippen LogP contribution in [0.5, 0.6) is 0 Å². The van der Waals surface area contributed by atoms with Crippen LogP contribution in [0.2, 0.25) is 0 Å². The Bertz CT molecular complexity index is 247. The molecule has 1 heterocycles. The summed E-state index contributed by atoms with van der Waals surface area (Å²) in [7, 11) is 0. The van der Waals surface area contributed by atoms with Crippen molar-refractivity contribution in [3.63, 3.8) is 0 Å². The molecule has 0 atom stereocenters. The molecule has 6 heteroatoms. The summed E-state index contributed by atoms with van der Waals surface area (Å²) in [6.45, 7) is 4.72. The van der Waals surface area contributed by atoms with E-state index in [1.54, 1.807) is 13.8 Å². The highest BCUT2D eigenvalue weighted by molar-refractivity contribution is 5.74. The van der Waals surface area contributed by atoms with Crippen LogP contribution in [-0.4, -0.2) is 44.2 Å². The maximum atomic E-state index is 11.4. The van der Waals surface area contributed by atoms with Gasteiger partial charge >= 0.3 is 11.9 Å². The van der Waals surface area contributed by atoms with Crippen molar-refractivity contribution in [1.29, 1.82) is 0 Å². The van der Waals surface area contributed by atoms with E-state index < -0.39 is 17.7 Å². The molecule has 0 bridgehead atoms. The Morgan fingerprint density at radius 3 is 1.76 bits per heavy atom. The Labute approximate surface area is 100 Å². The molecule has 1 aliphatic rings. The molecule has 0 radical (unpaired) electrons. The Hall–Kier alpha value is -1.14. The molecule has 0 aromatic carbocycles. The minimum absolute atomic E-state index is 0.0976. The van der Waals surface area contributed by atoms with Crippen LogP contribution in [0.1, 0.15) is 26.7 Å². The van der Waals surface area contributed by atoms with Gasteiger partial charge in [-0.2, -0.15) is 0 Å². The maximum Gasteiger partial charge on any atom is 0.311 e. The maximum absolute atomic E-state index is 11.4. The van der Waals surface area contributed by atoms with Crippen molar-refractivity contribution in [2.75, 3.05) is 26.4 Å². The van der Waals surface area contributed by atoms with Gasteiger partial charge in [-0.25, -0.2) is 0 Å². The van der Waals surface area contributed by atoms with Gasteiger partial charge in [0.25, 0.3) is 0 Å². The third kappa shape index (κ3) is 4.32. The van der Waals surface area contributed by atoms with Gasteiger partial charge in [-0.3, -0.25) is 9.59 Å². The summed E-state index contributed by atoms with van der Waals surface area (Å²) in [6.07, 6.45) is -0.195. The standard InChI is InChI=1S/C11H18O6/c1-3-14-9(12)7-11(16-5-6-17-11)8-10(13)15-4-2/h3-8H2,1-2H3. The summed E-state index contributed by atoms with van der Waals surface area (Å²) in [5, 5.41) is 0. The number of hydrogen-bond acceptors (Lipinski definition) is 6. The third-order valence-electron chi connectivity index (χ3n) is 2.25. The zero-order valence-corrected chi connectivity index (χ0v) is 10.2. The lowest BCUT2D eigenvalue weighted by molar-refractivity contribution is -0.193. The van der Waals surface area contributed by atoms with Crippen LogP contribution in [-0.2, 0) is 28.5 Å². The third-order valence-corrected chi connectivity index (χ3v) is 2.25. The second-order valence-electron chi connectivity index (χ2n) is 3.57. The molecule has 1 fully saturated rings. The number of esters is 2. The molecule has 0 amide bonds. The highest BCUT2D eigenvalue weighted by Crippen LogP contribution is 2.28. The molecular formula is C11H18O6. The molecular weight excluding hydrogens is 228 g/mol. The summed E-state index contributed by atoms with van der Waals surface area (Å²) in [5.74, 6) is -2.10. The minimum atomic E-state index is -1.21. The summed E-state index contributed by atoms with van der Waals surface area (Å²) >= 11 is 0. The van der Waals surface area contributed by atoms with Gasteiger partial charge in [-0.15, -0.1) is 0 Å².